The number of carbonyl (C=O) groups excluding carboxylic acids is 2. The van der Waals surface area contributed by atoms with Gasteiger partial charge in [0.15, 0.2) is 0 Å². The van der Waals surface area contributed by atoms with Crippen molar-refractivity contribution in [2.24, 2.45) is 5.92 Å². The van der Waals surface area contributed by atoms with Gasteiger partial charge in [0.2, 0.25) is 11.8 Å². The molecule has 2 rings (SSSR count). The number of nitrogens with zero attached hydrogens (tertiary/aromatic N) is 1. The molecule has 0 saturated carbocycles. The van der Waals surface area contributed by atoms with Crippen LogP contribution in [0, 0.1) is 5.92 Å². The summed E-state index contributed by atoms with van der Waals surface area (Å²) in [5.41, 5.74) is 3.38. The van der Waals surface area contributed by atoms with Crippen molar-refractivity contribution in [1.82, 2.24) is 15.5 Å². The lowest BCUT2D eigenvalue weighted by atomic mass is 10.0. The minimum atomic E-state index is -0.563. The highest BCUT2D eigenvalue weighted by atomic mass is 16.2. The highest BCUT2D eigenvalue weighted by Gasteiger charge is 2.25. The van der Waals surface area contributed by atoms with Gasteiger partial charge >= 0.3 is 0 Å². The summed E-state index contributed by atoms with van der Waals surface area (Å²) >= 11 is 0. The molecule has 0 aromatic heterocycles. The van der Waals surface area contributed by atoms with Crippen molar-refractivity contribution in [3.05, 3.63) is 71.3 Å². The molecule has 5 nitrogen and oxygen atoms in total. The maximum atomic E-state index is 12.9. The molecule has 2 atom stereocenters. The van der Waals surface area contributed by atoms with Crippen LogP contribution in [-0.4, -0.2) is 43.4 Å². The summed E-state index contributed by atoms with van der Waals surface area (Å²) in [4.78, 5) is 27.4. The molecule has 2 N–H and O–H groups in total. The number of likely N-dealkylation sites (N-methyl/N-ethyl adjacent to an activating group) is 1. The van der Waals surface area contributed by atoms with Crippen molar-refractivity contribution in [1.29, 1.82) is 0 Å². The van der Waals surface area contributed by atoms with Gasteiger partial charge in [-0.15, -0.1) is 0 Å². The minimum Gasteiger partial charge on any atom is -0.352 e. The number of hydrogen-bond acceptors (Lipinski definition) is 3. The summed E-state index contributed by atoms with van der Waals surface area (Å²) in [5.74, 6) is -0.302. The largest absolute Gasteiger partial charge is 0.352 e. The average Bonchev–Trinajstić information content (AvgIpc) is 2.72. The Morgan fingerprint density at radius 3 is 2.10 bits per heavy atom. The van der Waals surface area contributed by atoms with Crippen molar-refractivity contribution < 1.29 is 9.59 Å². The van der Waals surface area contributed by atoms with E-state index in [1.807, 2.05) is 58.3 Å². The number of carbonyl (C=O) groups is 2. The van der Waals surface area contributed by atoms with Crippen LogP contribution < -0.4 is 10.6 Å². The molecule has 162 valence electrons. The zero-order chi connectivity index (χ0) is 22.1. The normalized spacial score (nSPS) is 13.2. The smallest absolute Gasteiger partial charge is 0.242 e. The molecule has 0 aliphatic heterocycles. The maximum absolute atomic E-state index is 12.9. The van der Waals surface area contributed by atoms with Crippen molar-refractivity contribution in [2.75, 3.05) is 20.6 Å². The standard InChI is InChI=1S/C25H35N3O2/c1-6-19-12-14-21(15-13-19)22(28(4)5)17-26-25(30)24(18(2)3)27-23(29)16-20-10-8-7-9-11-20/h7-15,18,22,24H,6,16-17H2,1-5H3,(H,26,30)(H,27,29)/t22-,24+/m0/s1. The Hall–Kier alpha value is -2.66. The first-order chi connectivity index (χ1) is 14.3. The Balaban J connectivity index is 1.99. The number of aryl methyl sites for hydroxylation is 1. The molecular formula is C25H35N3O2. The predicted molar refractivity (Wildman–Crippen MR) is 122 cm³/mol. The van der Waals surface area contributed by atoms with Gasteiger partial charge < -0.3 is 15.5 Å². The zero-order valence-corrected chi connectivity index (χ0v) is 18.8. The molecule has 5 heteroatoms. The van der Waals surface area contributed by atoms with Gasteiger partial charge in [-0.2, -0.15) is 0 Å². The van der Waals surface area contributed by atoms with Crippen LogP contribution in [-0.2, 0) is 22.4 Å². The summed E-state index contributed by atoms with van der Waals surface area (Å²) in [6.07, 6.45) is 1.27. The van der Waals surface area contributed by atoms with Crippen molar-refractivity contribution in [3.8, 4) is 0 Å². The van der Waals surface area contributed by atoms with Crippen LogP contribution in [0.25, 0.3) is 0 Å². The summed E-state index contributed by atoms with van der Waals surface area (Å²) in [6.45, 7) is 6.51. The second-order valence-electron chi connectivity index (χ2n) is 8.27. The van der Waals surface area contributed by atoms with Gasteiger partial charge in [0.25, 0.3) is 0 Å². The third-order valence-corrected chi connectivity index (χ3v) is 5.34. The molecule has 2 aromatic carbocycles. The van der Waals surface area contributed by atoms with E-state index in [0.717, 1.165) is 17.5 Å². The van der Waals surface area contributed by atoms with Gasteiger partial charge in [0.1, 0.15) is 6.04 Å². The fraction of sp³-hybridized carbons (Fsp3) is 0.440. The van der Waals surface area contributed by atoms with E-state index in [4.69, 9.17) is 0 Å². The van der Waals surface area contributed by atoms with Crippen molar-refractivity contribution in [3.63, 3.8) is 0 Å². The summed E-state index contributed by atoms with van der Waals surface area (Å²) in [6, 6.07) is 17.6. The van der Waals surface area contributed by atoms with Crippen LogP contribution >= 0.6 is 0 Å². The van der Waals surface area contributed by atoms with E-state index >= 15 is 0 Å². The van der Waals surface area contributed by atoms with E-state index in [9.17, 15) is 9.59 Å². The van der Waals surface area contributed by atoms with E-state index in [-0.39, 0.29) is 30.2 Å². The molecule has 0 aliphatic rings. The number of amides is 2. The molecule has 0 radical (unpaired) electrons. The molecule has 0 spiro atoms. The van der Waals surface area contributed by atoms with Gasteiger partial charge in [0.05, 0.1) is 12.5 Å². The molecule has 2 amide bonds. The van der Waals surface area contributed by atoms with Crippen LogP contribution in [0.2, 0.25) is 0 Å². The van der Waals surface area contributed by atoms with Crippen LogP contribution in [0.1, 0.15) is 43.5 Å². The Morgan fingerprint density at radius 1 is 0.933 bits per heavy atom. The molecule has 0 heterocycles. The highest BCUT2D eigenvalue weighted by Crippen LogP contribution is 2.18. The second-order valence-corrected chi connectivity index (χ2v) is 8.27. The Morgan fingerprint density at radius 2 is 1.57 bits per heavy atom. The minimum absolute atomic E-state index is 0.00799. The van der Waals surface area contributed by atoms with Crippen LogP contribution in [0.15, 0.2) is 54.6 Å². The van der Waals surface area contributed by atoms with E-state index in [1.54, 1.807) is 0 Å². The predicted octanol–water partition coefficient (Wildman–Crippen LogP) is 3.35. The quantitative estimate of drug-likeness (QED) is 0.633. The summed E-state index contributed by atoms with van der Waals surface area (Å²) in [5, 5.41) is 5.95. The molecular weight excluding hydrogens is 374 g/mol. The van der Waals surface area contributed by atoms with Gasteiger partial charge in [-0.3, -0.25) is 9.59 Å². The lowest BCUT2D eigenvalue weighted by molar-refractivity contribution is -0.129. The third-order valence-electron chi connectivity index (χ3n) is 5.34. The lowest BCUT2D eigenvalue weighted by Gasteiger charge is -2.27. The van der Waals surface area contributed by atoms with Gasteiger partial charge in [-0.05, 0) is 43.1 Å². The number of hydrogen-bond donors (Lipinski definition) is 2. The third kappa shape index (κ3) is 6.99. The average molecular weight is 410 g/mol. The Kier molecular flexibility index (Phi) is 9.06. The number of rotatable bonds is 10. The molecule has 2 aromatic rings. The van der Waals surface area contributed by atoms with Crippen molar-refractivity contribution in [2.45, 2.75) is 45.7 Å². The number of nitrogens with one attached hydrogen (secondary N) is 2. The summed E-state index contributed by atoms with van der Waals surface area (Å²) in [7, 11) is 4.01. The Bertz CT molecular complexity index is 801. The highest BCUT2D eigenvalue weighted by molar-refractivity contribution is 5.88. The van der Waals surface area contributed by atoms with Gasteiger partial charge in [-0.25, -0.2) is 0 Å². The first-order valence-electron chi connectivity index (χ1n) is 10.7. The van der Waals surface area contributed by atoms with Gasteiger partial charge in [0, 0.05) is 6.54 Å². The molecule has 0 fully saturated rings. The molecule has 0 aliphatic carbocycles. The fourth-order valence-corrected chi connectivity index (χ4v) is 3.42. The fourth-order valence-electron chi connectivity index (χ4n) is 3.42. The number of benzene rings is 2. The zero-order valence-electron chi connectivity index (χ0n) is 18.8. The van der Waals surface area contributed by atoms with Crippen LogP contribution in [0.3, 0.4) is 0 Å². The molecule has 0 unspecified atom stereocenters. The van der Waals surface area contributed by atoms with E-state index in [2.05, 4.69) is 46.7 Å². The van der Waals surface area contributed by atoms with Gasteiger partial charge in [-0.1, -0.05) is 75.4 Å². The molecule has 0 saturated heterocycles. The van der Waals surface area contributed by atoms with Crippen molar-refractivity contribution >= 4 is 11.8 Å². The maximum Gasteiger partial charge on any atom is 0.242 e. The van der Waals surface area contributed by atoms with Crippen LogP contribution in [0.5, 0.6) is 0 Å². The summed E-state index contributed by atoms with van der Waals surface area (Å²) < 4.78 is 0. The SMILES string of the molecule is CCc1ccc([C@H](CNC(=O)[C@H](NC(=O)Cc2ccccc2)C(C)C)N(C)C)cc1. The van der Waals surface area contributed by atoms with Crippen LogP contribution in [0.4, 0.5) is 0 Å². The first kappa shape index (κ1) is 23.6. The van der Waals surface area contributed by atoms with E-state index in [0.29, 0.717) is 6.54 Å². The topological polar surface area (TPSA) is 61.4 Å². The Labute approximate surface area is 180 Å². The van der Waals surface area contributed by atoms with E-state index < -0.39 is 6.04 Å². The molecule has 30 heavy (non-hydrogen) atoms. The molecule has 0 bridgehead atoms. The lowest BCUT2D eigenvalue weighted by Crippen LogP contribution is -2.51. The second kappa shape index (κ2) is 11.5. The first-order valence-corrected chi connectivity index (χ1v) is 10.7. The monoisotopic (exact) mass is 409 g/mol. The van der Waals surface area contributed by atoms with E-state index in [1.165, 1.54) is 5.56 Å².